The second-order valence-electron chi connectivity index (χ2n) is 3.27. The Kier molecular flexibility index (Phi) is 1.50. The molecule has 0 atom stereocenters. The zero-order valence-corrected chi connectivity index (χ0v) is 7.59. The van der Waals surface area contributed by atoms with Gasteiger partial charge in [-0.15, -0.1) is 0 Å². The minimum absolute atomic E-state index is 0.809. The number of hydrogen-bond acceptors (Lipinski definition) is 3. The van der Waals surface area contributed by atoms with Gasteiger partial charge in [0.15, 0.2) is 5.82 Å². The van der Waals surface area contributed by atoms with E-state index in [1.165, 1.54) is 5.22 Å². The lowest BCUT2D eigenvalue weighted by Gasteiger charge is -2.22. The predicted molar refractivity (Wildman–Crippen MR) is 55.0 cm³/mol. The maximum absolute atomic E-state index is 4.51. The van der Waals surface area contributed by atoms with E-state index in [0.717, 1.165) is 17.7 Å². The van der Waals surface area contributed by atoms with E-state index in [-0.39, 0.29) is 0 Å². The lowest BCUT2D eigenvalue weighted by atomic mass is 10.2. The third kappa shape index (κ3) is 1.06. The van der Waals surface area contributed by atoms with Gasteiger partial charge >= 0.3 is 0 Å². The van der Waals surface area contributed by atoms with E-state index in [2.05, 4.69) is 27.2 Å². The Bertz CT molecular complexity index is 540. The molecule has 0 unspecified atom stereocenters. The third-order valence-corrected chi connectivity index (χ3v) is 2.33. The highest BCUT2D eigenvalue weighted by Gasteiger charge is 2.10. The zero-order valence-electron chi connectivity index (χ0n) is 7.59. The van der Waals surface area contributed by atoms with Crippen LogP contribution in [-0.4, -0.2) is 17.7 Å². The van der Waals surface area contributed by atoms with Crippen LogP contribution in [0.1, 0.15) is 0 Å². The molecule has 0 saturated carbocycles. The van der Waals surface area contributed by atoms with Crippen LogP contribution in [0.4, 0.5) is 0 Å². The van der Waals surface area contributed by atoms with Gasteiger partial charge in [-0.1, -0.05) is 18.2 Å². The molecule has 0 bridgehead atoms. The molecule has 3 nitrogen and oxygen atoms in total. The predicted octanol–water partition coefficient (Wildman–Crippen LogP) is 0.243. The Morgan fingerprint density at radius 2 is 2.14 bits per heavy atom. The number of rotatable bonds is 0. The summed E-state index contributed by atoms with van der Waals surface area (Å²) in [4.78, 5) is 10.7. The first-order chi connectivity index (χ1) is 6.93. The molecule has 2 heterocycles. The van der Waals surface area contributed by atoms with Crippen LogP contribution in [0.25, 0.3) is 6.20 Å². The number of nitrogens with zero attached hydrogens (tertiary/aromatic N) is 3. The molecule has 0 fully saturated rings. The van der Waals surface area contributed by atoms with Crippen LogP contribution < -0.4 is 10.6 Å². The van der Waals surface area contributed by atoms with Gasteiger partial charge in [-0.3, -0.25) is 4.99 Å². The van der Waals surface area contributed by atoms with Gasteiger partial charge < -0.3 is 4.90 Å². The monoisotopic (exact) mass is 183 g/mol. The summed E-state index contributed by atoms with van der Waals surface area (Å²) in [5.41, 5.74) is 0. The number of hydrogen-bond donors (Lipinski definition) is 0. The van der Waals surface area contributed by atoms with Crippen molar-refractivity contribution in [3.8, 4) is 0 Å². The van der Waals surface area contributed by atoms with Crippen molar-refractivity contribution in [3.63, 3.8) is 0 Å². The van der Waals surface area contributed by atoms with Crippen molar-refractivity contribution in [3.05, 3.63) is 46.9 Å². The van der Waals surface area contributed by atoms with Gasteiger partial charge in [0, 0.05) is 17.6 Å². The molecule has 0 spiro atoms. The minimum atomic E-state index is 0.809. The topological polar surface area (TPSA) is 28.0 Å². The van der Waals surface area contributed by atoms with E-state index < -0.39 is 0 Å². The summed E-state index contributed by atoms with van der Waals surface area (Å²) in [6.07, 6.45) is 5.78. The molecule has 1 aromatic carbocycles. The summed E-state index contributed by atoms with van der Waals surface area (Å²) in [5, 5.41) is 2.19. The van der Waals surface area contributed by atoms with Crippen molar-refractivity contribution in [2.45, 2.75) is 0 Å². The molecule has 14 heavy (non-hydrogen) atoms. The van der Waals surface area contributed by atoms with Crippen LogP contribution in [0.5, 0.6) is 0 Å². The van der Waals surface area contributed by atoms with Crippen molar-refractivity contribution in [2.75, 3.05) is 6.54 Å². The second kappa shape index (κ2) is 2.80. The average Bonchev–Trinajstić information content (AvgIpc) is 2.26. The lowest BCUT2D eigenvalue weighted by molar-refractivity contribution is 0.550. The summed E-state index contributed by atoms with van der Waals surface area (Å²) in [7, 11) is 0. The molecule has 0 radical (unpaired) electrons. The van der Waals surface area contributed by atoms with E-state index in [4.69, 9.17) is 0 Å². The fraction of sp³-hybridized carbons (Fsp3) is 0.0909. The number of aliphatic imine (C=N–C) groups is 1. The Morgan fingerprint density at radius 3 is 3.14 bits per heavy atom. The molecule has 1 aromatic rings. The molecule has 2 aliphatic heterocycles. The van der Waals surface area contributed by atoms with Crippen LogP contribution in [0.15, 0.2) is 46.3 Å². The van der Waals surface area contributed by atoms with Crippen LogP contribution in [0, 0.1) is 0 Å². The van der Waals surface area contributed by atoms with Crippen molar-refractivity contribution < 1.29 is 0 Å². The Hall–Kier alpha value is -1.90. The maximum Gasteiger partial charge on any atom is 0.152 e. The molecule has 0 saturated heterocycles. The highest BCUT2D eigenvalue weighted by molar-refractivity contribution is 5.64. The summed E-state index contributed by atoms with van der Waals surface area (Å²) in [5.74, 6) is 0.922. The van der Waals surface area contributed by atoms with Crippen LogP contribution in [0.3, 0.4) is 0 Å². The molecular weight excluding hydrogens is 174 g/mol. The summed E-state index contributed by atoms with van der Waals surface area (Å²) < 4.78 is 0. The molecule has 68 valence electrons. The average molecular weight is 183 g/mol. The van der Waals surface area contributed by atoms with Crippen molar-refractivity contribution in [1.29, 1.82) is 0 Å². The molecule has 0 aliphatic carbocycles. The van der Waals surface area contributed by atoms with E-state index in [9.17, 15) is 0 Å². The molecule has 3 heteroatoms. The van der Waals surface area contributed by atoms with Gasteiger partial charge in [0.05, 0.1) is 18.1 Å². The van der Waals surface area contributed by atoms with Gasteiger partial charge in [0.25, 0.3) is 0 Å². The smallest absolute Gasteiger partial charge is 0.152 e. The van der Waals surface area contributed by atoms with Gasteiger partial charge in [0.2, 0.25) is 0 Å². The summed E-state index contributed by atoms with van der Waals surface area (Å²) >= 11 is 0. The van der Waals surface area contributed by atoms with Gasteiger partial charge in [-0.05, 0) is 6.07 Å². The first-order valence-corrected chi connectivity index (χ1v) is 4.57. The van der Waals surface area contributed by atoms with E-state index in [1.54, 1.807) is 6.20 Å². The first-order valence-electron chi connectivity index (χ1n) is 4.57. The van der Waals surface area contributed by atoms with E-state index in [0.29, 0.717) is 0 Å². The van der Waals surface area contributed by atoms with Gasteiger partial charge in [0.1, 0.15) is 0 Å². The fourth-order valence-electron chi connectivity index (χ4n) is 1.62. The van der Waals surface area contributed by atoms with E-state index in [1.807, 2.05) is 24.4 Å². The van der Waals surface area contributed by atoms with Crippen LogP contribution in [0.2, 0.25) is 0 Å². The molecule has 3 rings (SSSR count). The van der Waals surface area contributed by atoms with Crippen molar-refractivity contribution >= 4 is 12.4 Å². The standard InChI is InChI=1S/C11H9N3/c1-2-4-10-9(3-1)8-14-6-5-12-7-11(14)13-10/h1-5,7-8H,6H2. The Balaban J connectivity index is 2.29. The normalized spacial score (nSPS) is 17.4. The molecule has 0 N–H and O–H groups in total. The van der Waals surface area contributed by atoms with Crippen molar-refractivity contribution in [2.24, 2.45) is 9.98 Å². The van der Waals surface area contributed by atoms with Crippen molar-refractivity contribution in [1.82, 2.24) is 4.90 Å². The SMILES string of the molecule is C1=NC=C2N=c3ccccc3=CN2C1. The van der Waals surface area contributed by atoms with Crippen LogP contribution in [-0.2, 0) is 0 Å². The number of benzene rings is 1. The highest BCUT2D eigenvalue weighted by atomic mass is 15.2. The summed E-state index contributed by atoms with van der Waals surface area (Å²) in [6, 6.07) is 8.11. The number of fused-ring (bicyclic) bond motifs is 2. The molecule has 0 aromatic heterocycles. The minimum Gasteiger partial charge on any atom is -0.326 e. The molecule has 0 amide bonds. The van der Waals surface area contributed by atoms with Gasteiger partial charge in [-0.25, -0.2) is 4.99 Å². The summed E-state index contributed by atoms with van der Waals surface area (Å²) in [6.45, 7) is 0.809. The zero-order chi connectivity index (χ0) is 9.38. The third-order valence-electron chi connectivity index (χ3n) is 2.33. The first kappa shape index (κ1) is 7.50. The van der Waals surface area contributed by atoms with Crippen LogP contribution >= 0.6 is 0 Å². The molecule has 2 aliphatic rings. The lowest BCUT2D eigenvalue weighted by Crippen LogP contribution is -2.35. The fourth-order valence-corrected chi connectivity index (χ4v) is 1.62. The number of para-hydroxylation sites is 1. The highest BCUT2D eigenvalue weighted by Crippen LogP contribution is 2.10. The Morgan fingerprint density at radius 1 is 1.21 bits per heavy atom. The quantitative estimate of drug-likeness (QED) is 0.566. The van der Waals surface area contributed by atoms with E-state index >= 15 is 0 Å². The largest absolute Gasteiger partial charge is 0.326 e. The second-order valence-corrected chi connectivity index (χ2v) is 3.27. The maximum atomic E-state index is 4.51. The molecular formula is C11H9N3. The Labute approximate surface area is 81.4 Å². The van der Waals surface area contributed by atoms with Gasteiger partial charge in [-0.2, -0.15) is 0 Å².